The van der Waals surface area contributed by atoms with Crippen LogP contribution in [0.25, 0.3) is 11.0 Å². The third kappa shape index (κ3) is 4.09. The number of nitrogens with zero attached hydrogens (tertiary/aromatic N) is 2. The Hall–Kier alpha value is -2.58. The summed E-state index contributed by atoms with van der Waals surface area (Å²) in [5.74, 6) is -0.509. The standard InChI is InChI=1S/C16H13ClN4O3S/c1-24-15(23)10-6-12-13(7-11(10)17)21-16(20-12)25-8-14(22)19-9-2-4-18-5-3-9/h2-7H,8H2,1H3,(H,20,21)(H,18,19,22). The van der Waals surface area contributed by atoms with E-state index in [2.05, 4.69) is 25.0 Å². The molecule has 0 fully saturated rings. The summed E-state index contributed by atoms with van der Waals surface area (Å²) >= 11 is 7.33. The lowest BCUT2D eigenvalue weighted by molar-refractivity contribution is -0.113. The van der Waals surface area contributed by atoms with Crippen molar-refractivity contribution in [2.45, 2.75) is 5.16 Å². The summed E-state index contributed by atoms with van der Waals surface area (Å²) < 4.78 is 4.68. The Morgan fingerprint density at radius 3 is 2.80 bits per heavy atom. The van der Waals surface area contributed by atoms with Crippen LogP contribution in [-0.4, -0.2) is 39.7 Å². The fourth-order valence-corrected chi connectivity index (χ4v) is 3.03. The molecule has 25 heavy (non-hydrogen) atoms. The zero-order valence-corrected chi connectivity index (χ0v) is 14.6. The summed E-state index contributed by atoms with van der Waals surface area (Å²) in [6.07, 6.45) is 3.20. The second-order valence-electron chi connectivity index (χ2n) is 4.96. The maximum Gasteiger partial charge on any atom is 0.339 e. The maximum absolute atomic E-state index is 12.0. The van der Waals surface area contributed by atoms with E-state index in [1.807, 2.05) is 0 Å². The summed E-state index contributed by atoms with van der Waals surface area (Å²) in [5.41, 5.74) is 2.17. The van der Waals surface area contributed by atoms with Crippen LogP contribution in [0.5, 0.6) is 0 Å². The number of methoxy groups -OCH3 is 1. The Morgan fingerprint density at radius 1 is 1.32 bits per heavy atom. The number of rotatable bonds is 5. The minimum absolute atomic E-state index is 0.162. The van der Waals surface area contributed by atoms with Crippen molar-refractivity contribution in [3.05, 3.63) is 47.2 Å². The van der Waals surface area contributed by atoms with Gasteiger partial charge in [-0.25, -0.2) is 9.78 Å². The van der Waals surface area contributed by atoms with Crippen LogP contribution in [0.3, 0.4) is 0 Å². The SMILES string of the molecule is COC(=O)c1cc2nc(SCC(=O)Nc3ccncc3)[nH]c2cc1Cl. The van der Waals surface area contributed by atoms with E-state index in [9.17, 15) is 9.59 Å². The van der Waals surface area contributed by atoms with Crippen LogP contribution in [0.15, 0.2) is 41.8 Å². The van der Waals surface area contributed by atoms with Crippen molar-refractivity contribution in [3.63, 3.8) is 0 Å². The van der Waals surface area contributed by atoms with Crippen molar-refractivity contribution in [1.29, 1.82) is 0 Å². The molecule has 0 aliphatic carbocycles. The van der Waals surface area contributed by atoms with E-state index >= 15 is 0 Å². The number of halogens is 1. The molecule has 0 spiro atoms. The van der Waals surface area contributed by atoms with E-state index < -0.39 is 5.97 Å². The molecule has 2 heterocycles. The monoisotopic (exact) mass is 376 g/mol. The zero-order chi connectivity index (χ0) is 17.8. The highest BCUT2D eigenvalue weighted by Crippen LogP contribution is 2.26. The summed E-state index contributed by atoms with van der Waals surface area (Å²) in [6.45, 7) is 0. The predicted octanol–water partition coefficient (Wildman–Crippen LogP) is 3.13. The first-order valence-electron chi connectivity index (χ1n) is 7.17. The van der Waals surface area contributed by atoms with Crippen molar-refractivity contribution < 1.29 is 14.3 Å². The molecule has 0 aliphatic rings. The van der Waals surface area contributed by atoms with Crippen molar-refractivity contribution in [2.75, 3.05) is 18.2 Å². The van der Waals surface area contributed by atoms with Gasteiger partial charge in [-0.3, -0.25) is 9.78 Å². The third-order valence-corrected chi connectivity index (χ3v) is 4.44. The molecule has 2 N–H and O–H groups in total. The van der Waals surface area contributed by atoms with Gasteiger partial charge in [0.2, 0.25) is 5.91 Å². The lowest BCUT2D eigenvalue weighted by atomic mass is 10.2. The molecule has 0 bridgehead atoms. The largest absolute Gasteiger partial charge is 0.465 e. The van der Waals surface area contributed by atoms with Crippen LogP contribution in [0, 0.1) is 0 Å². The highest BCUT2D eigenvalue weighted by atomic mass is 35.5. The van der Waals surface area contributed by atoms with Gasteiger partial charge in [0.05, 0.1) is 34.5 Å². The second-order valence-corrected chi connectivity index (χ2v) is 6.33. The average molecular weight is 377 g/mol. The van der Waals surface area contributed by atoms with Gasteiger partial charge in [0.1, 0.15) is 0 Å². The highest BCUT2D eigenvalue weighted by molar-refractivity contribution is 7.99. The van der Waals surface area contributed by atoms with Crippen LogP contribution in [0.1, 0.15) is 10.4 Å². The summed E-state index contributed by atoms with van der Waals surface area (Å²) in [4.78, 5) is 34.9. The first-order valence-corrected chi connectivity index (χ1v) is 8.53. The Bertz CT molecular complexity index is 930. The number of anilines is 1. The molecule has 0 saturated heterocycles. The third-order valence-electron chi connectivity index (χ3n) is 3.26. The van der Waals surface area contributed by atoms with E-state index in [0.29, 0.717) is 21.9 Å². The lowest BCUT2D eigenvalue weighted by Gasteiger charge is -2.02. The van der Waals surface area contributed by atoms with Gasteiger partial charge in [-0.15, -0.1) is 0 Å². The summed E-state index contributed by atoms with van der Waals surface area (Å²) in [7, 11) is 1.29. The molecule has 2 aromatic heterocycles. The number of aromatic nitrogens is 3. The number of hydrogen-bond acceptors (Lipinski definition) is 6. The Labute approximate surface area is 152 Å². The van der Waals surface area contributed by atoms with E-state index in [-0.39, 0.29) is 22.2 Å². The molecule has 0 aliphatic heterocycles. The molecule has 0 saturated carbocycles. The molecule has 3 aromatic rings. The summed E-state index contributed by atoms with van der Waals surface area (Å²) in [6, 6.07) is 6.58. The van der Waals surface area contributed by atoms with E-state index in [4.69, 9.17) is 11.6 Å². The van der Waals surface area contributed by atoms with Gasteiger partial charge in [-0.05, 0) is 24.3 Å². The maximum atomic E-state index is 12.0. The summed E-state index contributed by atoms with van der Waals surface area (Å²) in [5, 5.41) is 3.59. The second kappa shape index (κ2) is 7.54. The van der Waals surface area contributed by atoms with Crippen molar-refractivity contribution in [1.82, 2.24) is 15.0 Å². The first-order chi connectivity index (χ1) is 12.1. The van der Waals surface area contributed by atoms with E-state index in [1.54, 1.807) is 36.7 Å². The van der Waals surface area contributed by atoms with Gasteiger partial charge in [-0.1, -0.05) is 23.4 Å². The van der Waals surface area contributed by atoms with Gasteiger partial charge in [-0.2, -0.15) is 0 Å². The highest BCUT2D eigenvalue weighted by Gasteiger charge is 2.15. The van der Waals surface area contributed by atoms with Crippen molar-refractivity contribution >= 4 is 52.0 Å². The number of hydrogen-bond donors (Lipinski definition) is 2. The molecule has 1 aromatic carbocycles. The molecule has 3 rings (SSSR count). The Morgan fingerprint density at radius 2 is 2.08 bits per heavy atom. The number of H-pyrrole nitrogens is 1. The molecular formula is C16H13ClN4O3S. The number of nitrogens with one attached hydrogen (secondary N) is 2. The molecular weight excluding hydrogens is 364 g/mol. The van der Waals surface area contributed by atoms with E-state index in [1.165, 1.54) is 18.9 Å². The molecule has 0 radical (unpaired) electrons. The molecule has 7 nitrogen and oxygen atoms in total. The molecule has 1 amide bonds. The van der Waals surface area contributed by atoms with Gasteiger partial charge in [0.15, 0.2) is 5.16 Å². The molecule has 0 unspecified atom stereocenters. The van der Waals surface area contributed by atoms with Gasteiger partial charge in [0, 0.05) is 18.1 Å². The smallest absolute Gasteiger partial charge is 0.339 e. The quantitative estimate of drug-likeness (QED) is 0.524. The topological polar surface area (TPSA) is 97.0 Å². The number of thioether (sulfide) groups is 1. The number of imidazole rings is 1. The van der Waals surface area contributed by atoms with Crippen LogP contribution in [-0.2, 0) is 9.53 Å². The van der Waals surface area contributed by atoms with Crippen molar-refractivity contribution in [3.8, 4) is 0 Å². The predicted molar refractivity (Wildman–Crippen MR) is 96.0 cm³/mol. The fourth-order valence-electron chi connectivity index (χ4n) is 2.11. The van der Waals surface area contributed by atoms with Crippen molar-refractivity contribution in [2.24, 2.45) is 0 Å². The van der Waals surface area contributed by atoms with E-state index in [0.717, 1.165) is 0 Å². The number of carbonyl (C=O) groups excluding carboxylic acids is 2. The number of carbonyl (C=O) groups is 2. The van der Waals surface area contributed by atoms with Crippen LogP contribution < -0.4 is 5.32 Å². The van der Waals surface area contributed by atoms with Crippen LogP contribution >= 0.6 is 23.4 Å². The van der Waals surface area contributed by atoms with Gasteiger partial charge >= 0.3 is 5.97 Å². The van der Waals surface area contributed by atoms with Crippen LogP contribution in [0.2, 0.25) is 5.02 Å². The fraction of sp³-hybridized carbons (Fsp3) is 0.125. The average Bonchev–Trinajstić information content (AvgIpc) is 3.01. The number of pyridine rings is 1. The molecule has 9 heteroatoms. The number of esters is 1. The molecule has 128 valence electrons. The normalized spacial score (nSPS) is 10.6. The van der Waals surface area contributed by atoms with Crippen LogP contribution in [0.4, 0.5) is 5.69 Å². The minimum atomic E-state index is -0.527. The number of benzene rings is 1. The van der Waals surface area contributed by atoms with Gasteiger partial charge in [0.25, 0.3) is 0 Å². The Balaban J connectivity index is 1.70. The number of ether oxygens (including phenoxy) is 1. The Kier molecular flexibility index (Phi) is 5.20. The number of amides is 1. The first kappa shape index (κ1) is 17.2. The number of fused-ring (bicyclic) bond motifs is 1. The zero-order valence-electron chi connectivity index (χ0n) is 13.1. The van der Waals surface area contributed by atoms with Gasteiger partial charge < -0.3 is 15.0 Å². The number of aromatic amines is 1. The lowest BCUT2D eigenvalue weighted by Crippen LogP contribution is -2.14. The minimum Gasteiger partial charge on any atom is -0.465 e. The molecule has 0 atom stereocenters.